The van der Waals surface area contributed by atoms with E-state index in [1.807, 2.05) is 30.3 Å². The largest absolute Gasteiger partial charge is 0.445 e. The van der Waals surface area contributed by atoms with E-state index in [1.54, 1.807) is 0 Å². The zero-order chi connectivity index (χ0) is 21.1. The molecule has 1 aromatic rings. The lowest BCUT2D eigenvalue weighted by atomic mass is 10.1. The van der Waals surface area contributed by atoms with Crippen molar-refractivity contribution in [3.05, 3.63) is 35.9 Å². The Morgan fingerprint density at radius 1 is 1.14 bits per heavy atom. The van der Waals surface area contributed by atoms with Crippen LogP contribution in [0.4, 0.5) is 4.79 Å². The molecule has 1 saturated heterocycles. The fourth-order valence-corrected chi connectivity index (χ4v) is 2.96. The third-order valence-corrected chi connectivity index (χ3v) is 4.60. The number of nitrogens with one attached hydrogen (secondary N) is 4. The fourth-order valence-electron chi connectivity index (χ4n) is 2.96. The summed E-state index contributed by atoms with van der Waals surface area (Å²) in [7, 11) is 1.46. The van der Waals surface area contributed by atoms with Crippen molar-refractivity contribution >= 4 is 23.8 Å². The fraction of sp³-hybridized carbons (Fsp3) is 0.500. The predicted octanol–water partition coefficient (Wildman–Crippen LogP) is 0.593. The molecule has 29 heavy (non-hydrogen) atoms. The van der Waals surface area contributed by atoms with Crippen LogP contribution in [0.15, 0.2) is 30.3 Å². The van der Waals surface area contributed by atoms with Crippen LogP contribution in [0.5, 0.6) is 0 Å². The molecule has 0 unspecified atom stereocenters. The van der Waals surface area contributed by atoms with E-state index < -0.39 is 30.0 Å². The summed E-state index contributed by atoms with van der Waals surface area (Å²) in [6.45, 7) is 0.574. The first kappa shape index (κ1) is 22.2. The average Bonchev–Trinajstić information content (AvgIpc) is 2.73. The molecule has 9 nitrogen and oxygen atoms in total. The number of amides is 4. The third kappa shape index (κ3) is 7.81. The minimum absolute atomic E-state index is 0.0912. The highest BCUT2D eigenvalue weighted by Gasteiger charge is 2.27. The van der Waals surface area contributed by atoms with Gasteiger partial charge in [0.05, 0.1) is 0 Å². The molecule has 0 aromatic heterocycles. The van der Waals surface area contributed by atoms with E-state index in [-0.39, 0.29) is 25.4 Å². The van der Waals surface area contributed by atoms with Gasteiger partial charge in [-0.05, 0) is 31.2 Å². The Kier molecular flexibility index (Phi) is 8.94. The van der Waals surface area contributed by atoms with Gasteiger partial charge < -0.3 is 26.0 Å². The van der Waals surface area contributed by atoms with Gasteiger partial charge in [-0.25, -0.2) is 4.79 Å². The SMILES string of the molecule is CNC(=O)[C@@H]1CCC(=O)NCCCC[C@H](NC(=O)OCc2ccccc2)C(=O)N1. The number of carbonyl (C=O) groups excluding carboxylic acids is 4. The Balaban J connectivity index is 1.99. The number of carbonyl (C=O) groups is 4. The first-order valence-corrected chi connectivity index (χ1v) is 9.75. The summed E-state index contributed by atoms with van der Waals surface area (Å²) in [6, 6.07) is 7.52. The van der Waals surface area contributed by atoms with E-state index >= 15 is 0 Å². The Bertz CT molecular complexity index is 710. The molecule has 1 aromatic carbocycles. The summed E-state index contributed by atoms with van der Waals surface area (Å²) in [5.74, 6) is -1.03. The maximum atomic E-state index is 12.7. The first-order chi connectivity index (χ1) is 14.0. The number of benzene rings is 1. The normalized spacial score (nSPS) is 20.9. The molecule has 0 aliphatic carbocycles. The summed E-state index contributed by atoms with van der Waals surface area (Å²) >= 11 is 0. The number of hydrogen-bond donors (Lipinski definition) is 4. The molecule has 1 fully saturated rings. The van der Waals surface area contributed by atoms with Crippen LogP contribution in [-0.4, -0.2) is 49.5 Å². The highest BCUT2D eigenvalue weighted by Crippen LogP contribution is 2.07. The summed E-state index contributed by atoms with van der Waals surface area (Å²) in [4.78, 5) is 48.7. The van der Waals surface area contributed by atoms with Crippen molar-refractivity contribution in [3.8, 4) is 0 Å². The van der Waals surface area contributed by atoms with Crippen molar-refractivity contribution in [2.45, 2.75) is 50.8 Å². The molecule has 4 N–H and O–H groups in total. The molecule has 1 aliphatic rings. The zero-order valence-electron chi connectivity index (χ0n) is 16.5. The number of likely N-dealkylation sites (N-methyl/N-ethyl adjacent to an activating group) is 1. The summed E-state index contributed by atoms with van der Waals surface area (Å²) in [6.07, 6.45) is 1.24. The Hall–Kier alpha value is -3.10. The maximum Gasteiger partial charge on any atom is 0.408 e. The third-order valence-electron chi connectivity index (χ3n) is 4.60. The van der Waals surface area contributed by atoms with E-state index in [9.17, 15) is 19.2 Å². The van der Waals surface area contributed by atoms with E-state index in [0.29, 0.717) is 25.8 Å². The lowest BCUT2D eigenvalue weighted by Crippen LogP contribution is -2.53. The molecule has 1 heterocycles. The van der Waals surface area contributed by atoms with Gasteiger partial charge in [0.1, 0.15) is 18.7 Å². The predicted molar refractivity (Wildman–Crippen MR) is 106 cm³/mol. The van der Waals surface area contributed by atoms with Gasteiger partial charge >= 0.3 is 6.09 Å². The second-order valence-electron chi connectivity index (χ2n) is 6.82. The highest BCUT2D eigenvalue weighted by molar-refractivity contribution is 5.91. The lowest BCUT2D eigenvalue weighted by molar-refractivity contribution is -0.130. The van der Waals surface area contributed by atoms with Gasteiger partial charge in [0.2, 0.25) is 17.7 Å². The number of ether oxygens (including phenoxy) is 1. The second-order valence-corrected chi connectivity index (χ2v) is 6.82. The maximum absolute atomic E-state index is 12.7. The molecular weight excluding hydrogens is 376 g/mol. The number of alkyl carbamates (subject to hydrolysis) is 1. The van der Waals surface area contributed by atoms with Crippen molar-refractivity contribution < 1.29 is 23.9 Å². The Morgan fingerprint density at radius 3 is 2.62 bits per heavy atom. The molecule has 1 aliphatic heterocycles. The van der Waals surface area contributed by atoms with Crippen LogP contribution < -0.4 is 21.3 Å². The van der Waals surface area contributed by atoms with Crippen LogP contribution in [0.3, 0.4) is 0 Å². The molecule has 0 bridgehead atoms. The van der Waals surface area contributed by atoms with Crippen LogP contribution >= 0.6 is 0 Å². The van der Waals surface area contributed by atoms with Crippen LogP contribution in [0.2, 0.25) is 0 Å². The topological polar surface area (TPSA) is 126 Å². The van der Waals surface area contributed by atoms with Gasteiger partial charge in [0.25, 0.3) is 0 Å². The van der Waals surface area contributed by atoms with Crippen LogP contribution in [-0.2, 0) is 25.7 Å². The van der Waals surface area contributed by atoms with E-state index in [2.05, 4.69) is 21.3 Å². The molecule has 9 heteroatoms. The quantitative estimate of drug-likeness (QED) is 0.585. The summed E-state index contributed by atoms with van der Waals surface area (Å²) < 4.78 is 5.20. The Morgan fingerprint density at radius 2 is 1.90 bits per heavy atom. The van der Waals surface area contributed by atoms with Crippen molar-refractivity contribution in [3.63, 3.8) is 0 Å². The monoisotopic (exact) mass is 404 g/mol. The van der Waals surface area contributed by atoms with Crippen molar-refractivity contribution in [2.75, 3.05) is 13.6 Å². The molecule has 2 atom stereocenters. The number of rotatable bonds is 4. The first-order valence-electron chi connectivity index (χ1n) is 9.75. The van der Waals surface area contributed by atoms with Crippen molar-refractivity contribution in [1.29, 1.82) is 0 Å². The van der Waals surface area contributed by atoms with Crippen molar-refractivity contribution in [2.24, 2.45) is 0 Å². The highest BCUT2D eigenvalue weighted by atomic mass is 16.5. The molecular formula is C20H28N4O5. The van der Waals surface area contributed by atoms with Crippen molar-refractivity contribution in [1.82, 2.24) is 21.3 Å². The average molecular weight is 404 g/mol. The summed E-state index contributed by atoms with van der Waals surface area (Å²) in [5, 5.41) is 10.5. The van der Waals surface area contributed by atoms with E-state index in [0.717, 1.165) is 5.56 Å². The zero-order valence-corrected chi connectivity index (χ0v) is 16.5. The molecule has 4 amide bonds. The van der Waals surface area contributed by atoms with Gasteiger partial charge in [-0.1, -0.05) is 30.3 Å². The van der Waals surface area contributed by atoms with Crippen LogP contribution in [0.25, 0.3) is 0 Å². The molecule has 2 rings (SSSR count). The van der Waals surface area contributed by atoms with Gasteiger partial charge in [-0.2, -0.15) is 0 Å². The van der Waals surface area contributed by atoms with Gasteiger partial charge in [-0.3, -0.25) is 14.4 Å². The smallest absolute Gasteiger partial charge is 0.408 e. The van der Waals surface area contributed by atoms with Gasteiger partial charge in [0.15, 0.2) is 0 Å². The standard InChI is InChI=1S/C20H28N4O5/c1-21-18(26)16-10-11-17(25)22-12-6-5-9-15(19(27)23-16)24-20(28)29-13-14-7-3-2-4-8-14/h2-4,7-8,15-16H,5-6,9-13H2,1H3,(H,21,26)(H,22,25)(H,23,27)(H,24,28)/t15-,16-/m0/s1. The number of hydrogen-bond acceptors (Lipinski definition) is 5. The summed E-state index contributed by atoms with van der Waals surface area (Å²) in [5.41, 5.74) is 0.834. The van der Waals surface area contributed by atoms with Gasteiger partial charge in [0, 0.05) is 20.0 Å². The molecule has 0 saturated carbocycles. The van der Waals surface area contributed by atoms with Gasteiger partial charge in [-0.15, -0.1) is 0 Å². The lowest BCUT2D eigenvalue weighted by Gasteiger charge is -2.23. The molecule has 0 radical (unpaired) electrons. The van der Waals surface area contributed by atoms with E-state index in [4.69, 9.17) is 4.74 Å². The van der Waals surface area contributed by atoms with E-state index in [1.165, 1.54) is 7.05 Å². The minimum atomic E-state index is -0.859. The molecule has 0 spiro atoms. The van der Waals surface area contributed by atoms with Crippen LogP contribution in [0.1, 0.15) is 37.7 Å². The second kappa shape index (κ2) is 11.7. The minimum Gasteiger partial charge on any atom is -0.445 e. The van der Waals surface area contributed by atoms with Crippen LogP contribution in [0, 0.1) is 0 Å². The molecule has 158 valence electrons. The Labute approximate surface area is 169 Å².